The molecule has 1 aromatic carbocycles. The maximum absolute atomic E-state index is 9.02. The van der Waals surface area contributed by atoms with Crippen molar-refractivity contribution in [2.75, 3.05) is 18.5 Å². The zero-order valence-corrected chi connectivity index (χ0v) is 16.1. The molecule has 1 aliphatic rings. The molecule has 1 fully saturated rings. The van der Waals surface area contributed by atoms with Crippen molar-refractivity contribution in [1.29, 1.82) is 5.26 Å². The molecule has 1 N–H and O–H groups in total. The summed E-state index contributed by atoms with van der Waals surface area (Å²) in [4.78, 5) is 9.21. The van der Waals surface area contributed by atoms with E-state index in [-0.39, 0.29) is 6.04 Å². The molecule has 0 unspecified atom stereocenters. The van der Waals surface area contributed by atoms with Crippen molar-refractivity contribution in [3.63, 3.8) is 0 Å². The second-order valence-corrected chi connectivity index (χ2v) is 7.09. The molecule has 1 saturated heterocycles. The van der Waals surface area contributed by atoms with E-state index in [9.17, 15) is 0 Å². The van der Waals surface area contributed by atoms with Crippen LogP contribution in [0.2, 0.25) is 0 Å². The number of rotatable bonds is 3. The predicted octanol–water partition coefficient (Wildman–Crippen LogP) is 3.77. The first-order chi connectivity index (χ1) is 13.1. The zero-order valence-electron chi connectivity index (χ0n) is 15.3. The maximum Gasteiger partial charge on any atom is 0.229 e. The van der Waals surface area contributed by atoms with Gasteiger partial charge in [0.15, 0.2) is 10.4 Å². The van der Waals surface area contributed by atoms with E-state index in [1.54, 1.807) is 12.3 Å². The standard InChI is InChI=1S/C19H20N6OS/c1-12-9-13(10-20)3-4-15(12)22-18-21-11-16-17(23-18)25(19(27)24(16)2)14-5-7-26-8-6-14/h3-4,9,11,14H,5-8H2,1-2H3,(H,21,22,23). The van der Waals surface area contributed by atoms with Crippen LogP contribution >= 0.6 is 12.2 Å². The third-order valence-electron chi connectivity index (χ3n) is 4.99. The van der Waals surface area contributed by atoms with Crippen molar-refractivity contribution in [2.45, 2.75) is 25.8 Å². The van der Waals surface area contributed by atoms with Gasteiger partial charge in [-0.15, -0.1) is 0 Å². The normalized spacial score (nSPS) is 15.0. The van der Waals surface area contributed by atoms with E-state index in [0.717, 1.165) is 53.2 Å². The van der Waals surface area contributed by atoms with Crippen molar-refractivity contribution in [3.05, 3.63) is 40.3 Å². The number of fused-ring (bicyclic) bond motifs is 1. The van der Waals surface area contributed by atoms with Gasteiger partial charge in [-0.05, 0) is 55.7 Å². The van der Waals surface area contributed by atoms with E-state index in [1.807, 2.05) is 30.7 Å². The summed E-state index contributed by atoms with van der Waals surface area (Å²) in [5.74, 6) is 0.511. The molecule has 3 heterocycles. The third-order valence-corrected chi connectivity index (χ3v) is 5.46. The van der Waals surface area contributed by atoms with Gasteiger partial charge < -0.3 is 14.6 Å². The number of nitriles is 1. The Balaban J connectivity index is 1.75. The monoisotopic (exact) mass is 380 g/mol. The molecule has 1 aliphatic heterocycles. The van der Waals surface area contributed by atoms with Gasteiger partial charge >= 0.3 is 0 Å². The van der Waals surface area contributed by atoms with Crippen molar-refractivity contribution in [2.24, 2.45) is 7.05 Å². The first-order valence-electron chi connectivity index (χ1n) is 8.88. The number of ether oxygens (including phenoxy) is 1. The summed E-state index contributed by atoms with van der Waals surface area (Å²) in [7, 11) is 1.95. The number of aryl methyl sites for hydroxylation is 2. The van der Waals surface area contributed by atoms with Crippen LogP contribution in [0.4, 0.5) is 11.6 Å². The Hall–Kier alpha value is -2.76. The van der Waals surface area contributed by atoms with E-state index < -0.39 is 0 Å². The fraction of sp³-hybridized carbons (Fsp3) is 0.368. The summed E-state index contributed by atoms with van der Waals surface area (Å²) in [6.45, 7) is 3.43. The first-order valence-corrected chi connectivity index (χ1v) is 9.29. The lowest BCUT2D eigenvalue weighted by molar-refractivity contribution is 0.0700. The number of hydrogen-bond acceptors (Lipinski definition) is 6. The second kappa shape index (κ2) is 7.10. The second-order valence-electron chi connectivity index (χ2n) is 6.72. The summed E-state index contributed by atoms with van der Waals surface area (Å²) >= 11 is 5.66. The SMILES string of the molecule is Cc1cc(C#N)ccc1Nc1ncc2c(n1)n(C1CCOCC1)c(=S)n2C. The summed E-state index contributed by atoms with van der Waals surface area (Å²) in [6, 6.07) is 7.93. The van der Waals surface area contributed by atoms with Crippen LogP contribution in [-0.2, 0) is 11.8 Å². The molecule has 4 rings (SSSR count). The minimum atomic E-state index is 0.286. The van der Waals surface area contributed by atoms with E-state index >= 15 is 0 Å². The van der Waals surface area contributed by atoms with Crippen molar-refractivity contribution in [3.8, 4) is 6.07 Å². The summed E-state index contributed by atoms with van der Waals surface area (Å²) in [5, 5.41) is 12.3. The van der Waals surface area contributed by atoms with Crippen LogP contribution in [-0.4, -0.2) is 32.3 Å². The van der Waals surface area contributed by atoms with E-state index in [0.29, 0.717) is 11.5 Å². The van der Waals surface area contributed by atoms with Crippen molar-refractivity contribution >= 4 is 35.0 Å². The number of nitrogens with zero attached hydrogens (tertiary/aromatic N) is 5. The zero-order chi connectivity index (χ0) is 19.0. The average Bonchev–Trinajstić information content (AvgIpc) is 2.94. The number of imidazole rings is 1. The molecule has 0 bridgehead atoms. The average molecular weight is 380 g/mol. The molecular formula is C19H20N6OS. The van der Waals surface area contributed by atoms with E-state index in [2.05, 4.69) is 20.9 Å². The lowest BCUT2D eigenvalue weighted by Crippen LogP contribution is -2.20. The highest BCUT2D eigenvalue weighted by atomic mass is 32.1. The Morgan fingerprint density at radius 3 is 2.81 bits per heavy atom. The molecule has 0 radical (unpaired) electrons. The van der Waals surface area contributed by atoms with Gasteiger partial charge in [0.2, 0.25) is 5.95 Å². The molecule has 2 aromatic heterocycles. The summed E-state index contributed by atoms with van der Waals surface area (Å²) in [6.07, 6.45) is 3.65. The number of nitrogens with one attached hydrogen (secondary N) is 1. The predicted molar refractivity (Wildman–Crippen MR) is 106 cm³/mol. The summed E-state index contributed by atoms with van der Waals surface area (Å²) in [5.41, 5.74) is 4.21. The quantitative estimate of drug-likeness (QED) is 0.697. The smallest absolute Gasteiger partial charge is 0.229 e. The van der Waals surface area contributed by atoms with Gasteiger partial charge in [0.05, 0.1) is 17.8 Å². The first kappa shape index (κ1) is 17.6. The molecule has 3 aromatic rings. The molecule has 0 amide bonds. The van der Waals surface area contributed by atoms with Gasteiger partial charge in [-0.3, -0.25) is 4.57 Å². The maximum atomic E-state index is 9.02. The Kier molecular flexibility index (Phi) is 4.64. The number of hydrogen-bond donors (Lipinski definition) is 1. The van der Waals surface area contributed by atoms with Crippen LogP contribution in [0.1, 0.15) is 30.0 Å². The Morgan fingerprint density at radius 1 is 1.33 bits per heavy atom. The lowest BCUT2D eigenvalue weighted by atomic mass is 10.1. The lowest BCUT2D eigenvalue weighted by Gasteiger charge is -2.23. The van der Waals surface area contributed by atoms with Crippen molar-refractivity contribution < 1.29 is 4.74 Å². The highest BCUT2D eigenvalue weighted by Gasteiger charge is 2.21. The molecule has 0 saturated carbocycles. The van der Waals surface area contributed by atoms with Crippen LogP contribution in [0.3, 0.4) is 0 Å². The number of benzene rings is 1. The molecule has 0 spiro atoms. The fourth-order valence-electron chi connectivity index (χ4n) is 3.46. The van der Waals surface area contributed by atoms with Crippen LogP contribution in [0.25, 0.3) is 11.2 Å². The molecule has 0 aliphatic carbocycles. The molecule has 8 heteroatoms. The Morgan fingerprint density at radius 2 is 2.11 bits per heavy atom. The van der Waals surface area contributed by atoms with Gasteiger partial charge in [-0.2, -0.15) is 10.2 Å². The van der Waals surface area contributed by atoms with Crippen LogP contribution in [0.5, 0.6) is 0 Å². The van der Waals surface area contributed by atoms with E-state index in [1.165, 1.54) is 0 Å². The molecule has 7 nitrogen and oxygen atoms in total. The van der Waals surface area contributed by atoms with Gasteiger partial charge in [0.1, 0.15) is 5.52 Å². The topological polar surface area (TPSA) is 80.7 Å². The minimum absolute atomic E-state index is 0.286. The fourth-order valence-corrected chi connectivity index (χ4v) is 3.80. The van der Waals surface area contributed by atoms with Gasteiger partial charge in [-0.25, -0.2) is 4.98 Å². The Labute approximate surface area is 162 Å². The van der Waals surface area contributed by atoms with Crippen LogP contribution in [0.15, 0.2) is 24.4 Å². The third kappa shape index (κ3) is 3.20. The highest BCUT2D eigenvalue weighted by Crippen LogP contribution is 2.28. The molecule has 0 atom stereocenters. The van der Waals surface area contributed by atoms with Gasteiger partial charge in [0.25, 0.3) is 0 Å². The molecular weight excluding hydrogens is 360 g/mol. The summed E-state index contributed by atoms with van der Waals surface area (Å²) < 4.78 is 10.3. The van der Waals surface area contributed by atoms with Gasteiger partial charge in [-0.1, -0.05) is 0 Å². The van der Waals surface area contributed by atoms with Crippen LogP contribution < -0.4 is 5.32 Å². The van der Waals surface area contributed by atoms with Gasteiger partial charge in [0, 0.05) is 32.0 Å². The highest BCUT2D eigenvalue weighted by molar-refractivity contribution is 7.71. The van der Waals surface area contributed by atoms with Crippen molar-refractivity contribution in [1.82, 2.24) is 19.1 Å². The number of anilines is 2. The Bertz CT molecular complexity index is 1100. The number of aromatic nitrogens is 4. The molecule has 27 heavy (non-hydrogen) atoms. The molecule has 138 valence electrons. The van der Waals surface area contributed by atoms with Crippen LogP contribution in [0, 0.1) is 23.0 Å². The van der Waals surface area contributed by atoms with E-state index in [4.69, 9.17) is 27.2 Å². The minimum Gasteiger partial charge on any atom is -0.381 e. The largest absolute Gasteiger partial charge is 0.381 e.